The minimum absolute atomic E-state index is 0.0535. The largest absolute Gasteiger partial charge is 0.368 e. The van der Waals surface area contributed by atoms with Crippen LogP contribution in [0.15, 0.2) is 55.0 Å². The molecule has 0 saturated heterocycles. The van der Waals surface area contributed by atoms with Crippen LogP contribution in [-0.4, -0.2) is 38.1 Å². The van der Waals surface area contributed by atoms with E-state index in [0.29, 0.717) is 24.6 Å². The van der Waals surface area contributed by atoms with E-state index in [-0.39, 0.29) is 12.2 Å². The van der Waals surface area contributed by atoms with E-state index in [1.54, 1.807) is 6.20 Å². The van der Waals surface area contributed by atoms with Gasteiger partial charge >= 0.3 is 0 Å². The molecule has 1 aliphatic heterocycles. The van der Waals surface area contributed by atoms with Gasteiger partial charge in [-0.25, -0.2) is 15.0 Å². The molecule has 2 atom stereocenters. The van der Waals surface area contributed by atoms with Gasteiger partial charge < -0.3 is 22.1 Å². The highest BCUT2D eigenvalue weighted by molar-refractivity contribution is 5.60. The van der Waals surface area contributed by atoms with Gasteiger partial charge in [-0.15, -0.1) is 0 Å². The Labute approximate surface area is 193 Å². The number of fused-ring (bicyclic) bond motifs is 1. The van der Waals surface area contributed by atoms with Crippen molar-refractivity contribution >= 4 is 12.1 Å². The van der Waals surface area contributed by atoms with Gasteiger partial charge in [-0.2, -0.15) is 0 Å². The number of hydrogen-bond donors (Lipinski definition) is 5. The van der Waals surface area contributed by atoms with E-state index in [1.807, 2.05) is 55.0 Å². The maximum Gasteiger partial charge on any atom is 0.223 e. The van der Waals surface area contributed by atoms with E-state index in [1.165, 1.54) is 0 Å². The number of benzene rings is 1. The summed E-state index contributed by atoms with van der Waals surface area (Å²) >= 11 is 0. The number of nitrogens with two attached hydrogens (primary N) is 2. The van der Waals surface area contributed by atoms with Gasteiger partial charge in [0, 0.05) is 37.2 Å². The molecule has 1 aliphatic carbocycles. The summed E-state index contributed by atoms with van der Waals surface area (Å²) < 4.78 is 2.08. The summed E-state index contributed by atoms with van der Waals surface area (Å²) in [4.78, 5) is 13.9. The average molecular weight is 446 g/mol. The molecule has 2 unspecified atom stereocenters. The predicted molar refractivity (Wildman–Crippen MR) is 130 cm³/mol. The molecule has 0 spiro atoms. The Hall–Kier alpha value is -3.27. The van der Waals surface area contributed by atoms with Crippen molar-refractivity contribution in [2.75, 3.05) is 11.9 Å². The third-order valence-corrected chi connectivity index (χ3v) is 6.40. The quantitative estimate of drug-likeness (QED) is 0.374. The van der Waals surface area contributed by atoms with Crippen LogP contribution >= 0.6 is 0 Å². The fourth-order valence-corrected chi connectivity index (χ4v) is 4.56. The summed E-state index contributed by atoms with van der Waals surface area (Å²) in [6.45, 7) is 0.438. The lowest BCUT2D eigenvalue weighted by atomic mass is 9.91. The van der Waals surface area contributed by atoms with Crippen LogP contribution in [0.1, 0.15) is 49.3 Å². The van der Waals surface area contributed by atoms with E-state index in [9.17, 15) is 0 Å². The van der Waals surface area contributed by atoms with E-state index in [2.05, 4.69) is 25.5 Å². The van der Waals surface area contributed by atoms with Gasteiger partial charge in [0.2, 0.25) is 5.95 Å². The zero-order valence-corrected chi connectivity index (χ0v) is 18.6. The number of anilines is 1. The maximum absolute atomic E-state index is 6.06. The van der Waals surface area contributed by atoms with Gasteiger partial charge in [-0.3, -0.25) is 9.88 Å². The van der Waals surface area contributed by atoms with Crippen molar-refractivity contribution in [2.45, 2.75) is 50.0 Å². The Morgan fingerprint density at radius 2 is 1.91 bits per heavy atom. The molecule has 3 heterocycles. The van der Waals surface area contributed by atoms with Crippen molar-refractivity contribution in [1.82, 2.24) is 30.2 Å². The van der Waals surface area contributed by atoms with Crippen LogP contribution in [0.2, 0.25) is 0 Å². The van der Waals surface area contributed by atoms with E-state index in [4.69, 9.17) is 21.4 Å². The highest BCUT2D eigenvalue weighted by atomic mass is 15.2. The SMILES string of the molecule is NCC(Nc1nccc(-c2cnc3n2C=CNC3NC2CCC(N)CC2)n1)c1ccccc1. The lowest BCUT2D eigenvalue weighted by Gasteiger charge is -2.32. The van der Waals surface area contributed by atoms with E-state index in [0.717, 1.165) is 48.5 Å². The van der Waals surface area contributed by atoms with Crippen molar-refractivity contribution in [3.63, 3.8) is 0 Å². The second-order valence-electron chi connectivity index (χ2n) is 8.67. The third kappa shape index (κ3) is 4.75. The van der Waals surface area contributed by atoms with Gasteiger partial charge in [0.15, 0.2) is 5.82 Å². The molecule has 0 amide bonds. The summed E-state index contributed by atoms with van der Waals surface area (Å²) in [5.41, 5.74) is 14.9. The highest BCUT2D eigenvalue weighted by Crippen LogP contribution is 2.27. The zero-order chi connectivity index (χ0) is 22.6. The Balaban J connectivity index is 1.35. The molecule has 5 rings (SSSR count). The molecule has 1 fully saturated rings. The van der Waals surface area contributed by atoms with Gasteiger partial charge in [0.1, 0.15) is 6.17 Å². The van der Waals surface area contributed by atoms with Crippen molar-refractivity contribution in [3.8, 4) is 11.4 Å². The second kappa shape index (κ2) is 9.70. The summed E-state index contributed by atoms with van der Waals surface area (Å²) in [7, 11) is 0. The molecule has 7 N–H and O–H groups in total. The molecular weight excluding hydrogens is 414 g/mol. The summed E-state index contributed by atoms with van der Waals surface area (Å²) in [6, 6.07) is 12.7. The smallest absolute Gasteiger partial charge is 0.223 e. The van der Waals surface area contributed by atoms with Crippen LogP contribution in [0.5, 0.6) is 0 Å². The number of nitrogens with one attached hydrogen (secondary N) is 3. The number of imidazole rings is 1. The minimum Gasteiger partial charge on any atom is -0.368 e. The number of rotatable bonds is 7. The molecule has 33 heavy (non-hydrogen) atoms. The van der Waals surface area contributed by atoms with E-state index >= 15 is 0 Å². The first-order valence-corrected chi connectivity index (χ1v) is 11.6. The number of aromatic nitrogens is 4. The van der Waals surface area contributed by atoms with Crippen LogP contribution in [0.4, 0.5) is 5.95 Å². The molecule has 172 valence electrons. The van der Waals surface area contributed by atoms with E-state index < -0.39 is 0 Å². The third-order valence-electron chi connectivity index (χ3n) is 6.40. The molecule has 9 heteroatoms. The molecule has 1 aromatic carbocycles. The maximum atomic E-state index is 6.06. The first-order valence-electron chi connectivity index (χ1n) is 11.6. The standard InChI is InChI=1S/C24H31N9/c25-14-20(16-4-2-1-3-5-16)32-24-28-11-10-19(31-24)21-15-29-23-22(27-12-13-33(21)23)30-18-8-6-17(26)7-9-18/h1-5,10-13,15,17-18,20,22,27,30H,6-9,14,25-26H2,(H,28,31,32). The minimum atomic E-state index is -0.0675. The molecule has 0 bridgehead atoms. The first kappa shape index (κ1) is 21.6. The topological polar surface area (TPSA) is 132 Å². The van der Waals surface area contributed by atoms with Gasteiger partial charge in [-0.1, -0.05) is 30.3 Å². The Bertz CT molecular complexity index is 1090. The second-order valence-corrected chi connectivity index (χ2v) is 8.67. The molecule has 9 nitrogen and oxygen atoms in total. The number of hydrogen-bond acceptors (Lipinski definition) is 8. The van der Waals surface area contributed by atoms with Crippen LogP contribution in [0, 0.1) is 0 Å². The molecule has 1 saturated carbocycles. The average Bonchev–Trinajstić information content (AvgIpc) is 3.30. The van der Waals surface area contributed by atoms with Crippen LogP contribution in [0.25, 0.3) is 17.6 Å². The van der Waals surface area contributed by atoms with Crippen molar-refractivity contribution in [2.24, 2.45) is 11.5 Å². The molecule has 0 radical (unpaired) electrons. The monoisotopic (exact) mass is 445 g/mol. The van der Waals surface area contributed by atoms with Crippen LogP contribution in [-0.2, 0) is 0 Å². The lowest BCUT2D eigenvalue weighted by Crippen LogP contribution is -2.44. The summed E-state index contributed by atoms with van der Waals surface area (Å²) in [5.74, 6) is 1.45. The Kier molecular flexibility index (Phi) is 6.34. The Morgan fingerprint density at radius 3 is 2.70 bits per heavy atom. The van der Waals surface area contributed by atoms with Gasteiger partial charge in [0.25, 0.3) is 0 Å². The molecule has 3 aromatic rings. The van der Waals surface area contributed by atoms with Crippen molar-refractivity contribution < 1.29 is 0 Å². The highest BCUT2D eigenvalue weighted by Gasteiger charge is 2.26. The van der Waals surface area contributed by atoms with Crippen molar-refractivity contribution in [3.05, 3.63) is 66.4 Å². The predicted octanol–water partition coefficient (Wildman–Crippen LogP) is 2.34. The van der Waals surface area contributed by atoms with Gasteiger partial charge in [0.05, 0.1) is 23.6 Å². The van der Waals surface area contributed by atoms with Crippen LogP contribution in [0.3, 0.4) is 0 Å². The van der Waals surface area contributed by atoms with Crippen molar-refractivity contribution in [1.29, 1.82) is 0 Å². The fraction of sp³-hybridized carbons (Fsp3) is 0.375. The summed E-state index contributed by atoms with van der Waals surface area (Å²) in [6.07, 6.45) is 11.8. The lowest BCUT2D eigenvalue weighted by molar-refractivity contribution is 0.297. The summed E-state index contributed by atoms with van der Waals surface area (Å²) in [5, 5.41) is 10.5. The Morgan fingerprint density at radius 1 is 1.09 bits per heavy atom. The normalized spacial score (nSPS) is 22.9. The first-order chi connectivity index (χ1) is 16.2. The fourth-order valence-electron chi connectivity index (χ4n) is 4.56. The zero-order valence-electron chi connectivity index (χ0n) is 18.6. The number of nitrogens with zero attached hydrogens (tertiary/aromatic N) is 4. The molecular formula is C24H31N9. The van der Waals surface area contributed by atoms with Crippen LogP contribution < -0.4 is 27.4 Å². The van der Waals surface area contributed by atoms with Gasteiger partial charge in [-0.05, 0) is 37.3 Å². The molecule has 2 aromatic heterocycles. The molecule has 2 aliphatic rings.